The molecule has 0 fully saturated rings. The van der Waals surface area contributed by atoms with Gasteiger partial charge in [0, 0.05) is 5.69 Å². The highest BCUT2D eigenvalue weighted by Crippen LogP contribution is 2.24. The van der Waals surface area contributed by atoms with Crippen LogP contribution < -0.4 is 9.62 Å². The Labute approximate surface area is 163 Å². The molecule has 0 saturated carbocycles. The molecule has 0 atom stereocenters. The molecule has 3 aromatic rings. The van der Waals surface area contributed by atoms with Crippen LogP contribution in [0.25, 0.3) is 0 Å². The zero-order valence-electron chi connectivity index (χ0n) is 15.2. The molecule has 0 radical (unpaired) electrons. The van der Waals surface area contributed by atoms with Gasteiger partial charge in [0.15, 0.2) is 0 Å². The summed E-state index contributed by atoms with van der Waals surface area (Å²) in [7, 11) is -3.96. The minimum absolute atomic E-state index is 0.0779. The minimum atomic E-state index is -3.96. The Balaban J connectivity index is 1.92. The Morgan fingerprint density at radius 3 is 2.29 bits per heavy atom. The van der Waals surface area contributed by atoms with E-state index in [4.69, 9.17) is 0 Å². The highest BCUT2D eigenvalue weighted by Gasteiger charge is 2.27. The number of rotatable bonds is 6. The van der Waals surface area contributed by atoms with Crippen molar-refractivity contribution in [1.29, 1.82) is 0 Å². The summed E-state index contributed by atoms with van der Waals surface area (Å²) < 4.78 is 40.7. The van der Waals surface area contributed by atoms with E-state index in [1.54, 1.807) is 42.5 Å². The van der Waals surface area contributed by atoms with E-state index < -0.39 is 28.3 Å². The second kappa shape index (κ2) is 8.22. The standard InChI is InChI=1S/C21H19FN2O3S/c1-16-10-12-19(13-11-16)24(28(26,27)20-8-3-2-4-9-20)15-21(25)23-18-7-5-6-17(22)14-18/h2-14H,15H2,1H3,(H,23,25). The summed E-state index contributed by atoms with van der Waals surface area (Å²) >= 11 is 0. The number of nitrogens with one attached hydrogen (secondary N) is 1. The van der Waals surface area contributed by atoms with Crippen molar-refractivity contribution in [3.63, 3.8) is 0 Å². The largest absolute Gasteiger partial charge is 0.324 e. The van der Waals surface area contributed by atoms with Crippen LogP contribution in [0.2, 0.25) is 0 Å². The van der Waals surface area contributed by atoms with Crippen LogP contribution in [0.5, 0.6) is 0 Å². The summed E-state index contributed by atoms with van der Waals surface area (Å²) in [5.41, 5.74) is 1.58. The monoisotopic (exact) mass is 398 g/mol. The number of amides is 1. The molecule has 3 aromatic carbocycles. The molecule has 0 aromatic heterocycles. The van der Waals surface area contributed by atoms with Crippen molar-refractivity contribution in [1.82, 2.24) is 0 Å². The highest BCUT2D eigenvalue weighted by molar-refractivity contribution is 7.92. The van der Waals surface area contributed by atoms with E-state index in [1.807, 2.05) is 6.92 Å². The molecule has 0 aliphatic heterocycles. The summed E-state index contributed by atoms with van der Waals surface area (Å²) in [5.74, 6) is -1.07. The second-order valence-corrected chi connectivity index (χ2v) is 8.08. The number of aryl methyl sites for hydroxylation is 1. The van der Waals surface area contributed by atoms with Gasteiger partial charge in [-0.2, -0.15) is 0 Å². The van der Waals surface area contributed by atoms with E-state index in [0.29, 0.717) is 5.69 Å². The maximum Gasteiger partial charge on any atom is 0.264 e. The molecule has 3 rings (SSSR count). The van der Waals surface area contributed by atoms with Gasteiger partial charge in [0.25, 0.3) is 10.0 Å². The topological polar surface area (TPSA) is 66.5 Å². The molecule has 5 nitrogen and oxygen atoms in total. The van der Waals surface area contributed by atoms with Crippen LogP contribution in [0.4, 0.5) is 15.8 Å². The van der Waals surface area contributed by atoms with Crippen LogP contribution in [0.3, 0.4) is 0 Å². The first-order valence-corrected chi connectivity index (χ1v) is 10.0. The first-order chi connectivity index (χ1) is 13.4. The Bertz CT molecular complexity index is 1070. The van der Waals surface area contributed by atoms with Gasteiger partial charge in [-0.1, -0.05) is 42.0 Å². The summed E-state index contributed by atoms with van der Waals surface area (Å²) in [6, 6.07) is 20.1. The van der Waals surface area contributed by atoms with Gasteiger partial charge in [0.1, 0.15) is 12.4 Å². The van der Waals surface area contributed by atoms with E-state index in [9.17, 15) is 17.6 Å². The lowest BCUT2D eigenvalue weighted by molar-refractivity contribution is -0.114. The Morgan fingerprint density at radius 2 is 1.64 bits per heavy atom. The van der Waals surface area contributed by atoms with E-state index in [0.717, 1.165) is 9.87 Å². The molecule has 28 heavy (non-hydrogen) atoms. The molecule has 0 bridgehead atoms. The smallest absolute Gasteiger partial charge is 0.264 e. The number of carbonyl (C=O) groups is 1. The molecular weight excluding hydrogens is 379 g/mol. The number of anilines is 2. The van der Waals surface area contributed by atoms with Gasteiger partial charge >= 0.3 is 0 Å². The van der Waals surface area contributed by atoms with Gasteiger partial charge in [-0.05, 0) is 49.4 Å². The fourth-order valence-corrected chi connectivity index (χ4v) is 4.08. The second-order valence-electron chi connectivity index (χ2n) is 6.22. The maximum atomic E-state index is 13.3. The van der Waals surface area contributed by atoms with Crippen LogP contribution in [0, 0.1) is 12.7 Å². The lowest BCUT2D eigenvalue weighted by Gasteiger charge is -2.24. The fourth-order valence-electron chi connectivity index (χ4n) is 2.64. The van der Waals surface area contributed by atoms with Crippen molar-refractivity contribution in [3.8, 4) is 0 Å². The summed E-state index contributed by atoms with van der Waals surface area (Å²) in [4.78, 5) is 12.6. The van der Waals surface area contributed by atoms with Gasteiger partial charge in [-0.15, -0.1) is 0 Å². The summed E-state index contributed by atoms with van der Waals surface area (Å²) in [6.07, 6.45) is 0. The maximum absolute atomic E-state index is 13.3. The van der Waals surface area contributed by atoms with Crippen LogP contribution in [0.15, 0.2) is 83.8 Å². The van der Waals surface area contributed by atoms with Gasteiger partial charge < -0.3 is 5.32 Å². The number of benzene rings is 3. The van der Waals surface area contributed by atoms with Gasteiger partial charge in [0.05, 0.1) is 10.6 Å². The van der Waals surface area contributed by atoms with Crippen LogP contribution in [-0.2, 0) is 14.8 Å². The molecule has 1 amide bonds. The lowest BCUT2D eigenvalue weighted by atomic mass is 10.2. The molecule has 0 unspecified atom stereocenters. The third-order valence-electron chi connectivity index (χ3n) is 4.05. The van der Waals surface area contributed by atoms with E-state index in [1.165, 1.54) is 36.4 Å². The zero-order valence-corrected chi connectivity index (χ0v) is 16.0. The van der Waals surface area contributed by atoms with Crippen molar-refractivity contribution in [2.75, 3.05) is 16.2 Å². The Hall–Kier alpha value is -3.19. The molecule has 1 N–H and O–H groups in total. The van der Waals surface area contributed by atoms with Crippen LogP contribution in [0.1, 0.15) is 5.56 Å². The highest BCUT2D eigenvalue weighted by atomic mass is 32.2. The Morgan fingerprint density at radius 1 is 0.964 bits per heavy atom. The number of hydrogen-bond acceptors (Lipinski definition) is 3. The minimum Gasteiger partial charge on any atom is -0.324 e. The molecular formula is C21H19FN2O3S. The predicted octanol–water partition coefficient (Wildman–Crippen LogP) is 3.97. The number of nitrogens with zero attached hydrogens (tertiary/aromatic N) is 1. The van der Waals surface area contributed by atoms with E-state index in [2.05, 4.69) is 5.32 Å². The van der Waals surface area contributed by atoms with E-state index >= 15 is 0 Å². The molecule has 144 valence electrons. The van der Waals surface area contributed by atoms with Crippen LogP contribution in [-0.4, -0.2) is 20.9 Å². The van der Waals surface area contributed by atoms with Crippen molar-refractivity contribution in [3.05, 3.63) is 90.2 Å². The fraction of sp³-hybridized carbons (Fsp3) is 0.0952. The van der Waals surface area contributed by atoms with Gasteiger partial charge in [-0.25, -0.2) is 12.8 Å². The van der Waals surface area contributed by atoms with Crippen molar-refractivity contribution >= 4 is 27.3 Å². The third kappa shape index (κ3) is 4.55. The SMILES string of the molecule is Cc1ccc(N(CC(=O)Nc2cccc(F)c2)S(=O)(=O)c2ccccc2)cc1. The number of carbonyl (C=O) groups excluding carboxylic acids is 1. The summed E-state index contributed by atoms with van der Waals surface area (Å²) in [6.45, 7) is 1.44. The molecule has 0 spiro atoms. The summed E-state index contributed by atoms with van der Waals surface area (Å²) in [5, 5.41) is 2.53. The third-order valence-corrected chi connectivity index (χ3v) is 5.84. The predicted molar refractivity (Wildman–Crippen MR) is 107 cm³/mol. The lowest BCUT2D eigenvalue weighted by Crippen LogP contribution is -2.38. The Kier molecular flexibility index (Phi) is 5.75. The average molecular weight is 398 g/mol. The zero-order chi connectivity index (χ0) is 20.1. The van der Waals surface area contributed by atoms with Crippen molar-refractivity contribution < 1.29 is 17.6 Å². The first-order valence-electron chi connectivity index (χ1n) is 8.56. The number of hydrogen-bond donors (Lipinski definition) is 1. The van der Waals surface area contributed by atoms with Crippen molar-refractivity contribution in [2.24, 2.45) is 0 Å². The number of halogens is 1. The molecule has 0 aliphatic carbocycles. The first kappa shape index (κ1) is 19.6. The van der Waals surface area contributed by atoms with Crippen LogP contribution >= 0.6 is 0 Å². The normalized spacial score (nSPS) is 11.1. The van der Waals surface area contributed by atoms with Crippen molar-refractivity contribution in [2.45, 2.75) is 11.8 Å². The van der Waals surface area contributed by atoms with Gasteiger partial charge in [-0.3, -0.25) is 9.10 Å². The van der Waals surface area contributed by atoms with Gasteiger partial charge in [0.2, 0.25) is 5.91 Å². The molecule has 0 heterocycles. The quantitative estimate of drug-likeness (QED) is 0.683. The molecule has 0 saturated heterocycles. The van der Waals surface area contributed by atoms with E-state index in [-0.39, 0.29) is 10.6 Å². The molecule has 7 heteroatoms. The average Bonchev–Trinajstić information content (AvgIpc) is 2.67. The molecule has 0 aliphatic rings. The number of sulfonamides is 1.